The van der Waals surface area contributed by atoms with E-state index in [2.05, 4.69) is 4.98 Å². The Labute approximate surface area is 171 Å². The van der Waals surface area contributed by atoms with Gasteiger partial charge in [-0.05, 0) is 36.8 Å². The number of nitrogens with zero attached hydrogens (tertiary/aromatic N) is 2. The number of hydrogen-bond donors (Lipinski definition) is 2. The Morgan fingerprint density at radius 1 is 1.07 bits per heavy atom. The molecule has 0 unspecified atom stereocenters. The van der Waals surface area contributed by atoms with E-state index in [9.17, 15) is 20.1 Å². The molecule has 8 heteroatoms. The Morgan fingerprint density at radius 2 is 1.80 bits per heavy atom. The number of aromatic nitrogens is 1. The molecule has 3 N–H and O–H groups in total. The number of nitrogen functional groups attached to an aromatic ring is 1. The fourth-order valence-electron chi connectivity index (χ4n) is 2.97. The van der Waals surface area contributed by atoms with Gasteiger partial charge in [0.2, 0.25) is 0 Å². The Balaban J connectivity index is 2.08. The molecule has 0 saturated carbocycles. The van der Waals surface area contributed by atoms with E-state index in [4.69, 9.17) is 15.2 Å². The summed E-state index contributed by atoms with van der Waals surface area (Å²) in [4.78, 5) is 26.9. The number of rotatable bonds is 4. The number of ether oxygens (including phenoxy) is 2. The van der Waals surface area contributed by atoms with Gasteiger partial charge in [0.25, 0.3) is 5.56 Å². The van der Waals surface area contributed by atoms with Crippen LogP contribution in [0.5, 0.6) is 11.5 Å². The van der Waals surface area contributed by atoms with Crippen LogP contribution < -0.4 is 20.8 Å². The molecule has 3 aromatic rings. The predicted molar refractivity (Wildman–Crippen MR) is 109 cm³/mol. The summed E-state index contributed by atoms with van der Waals surface area (Å²) in [5.74, 6) is -0.395. The fourth-order valence-corrected chi connectivity index (χ4v) is 2.97. The maximum atomic E-state index is 12.5. The van der Waals surface area contributed by atoms with Crippen molar-refractivity contribution >= 4 is 11.8 Å². The fraction of sp³-hybridized carbons (Fsp3) is 0.0909. The number of carbonyl (C=O) groups excluding carboxylic acids is 1. The van der Waals surface area contributed by atoms with Gasteiger partial charge in [0.15, 0.2) is 11.5 Å². The van der Waals surface area contributed by atoms with Crippen LogP contribution in [0.25, 0.3) is 11.1 Å². The minimum absolute atomic E-state index is 0.0438. The Hall–Kier alpha value is -4.56. The molecule has 0 saturated heterocycles. The van der Waals surface area contributed by atoms with Crippen molar-refractivity contribution in [3.8, 4) is 34.8 Å². The van der Waals surface area contributed by atoms with Crippen molar-refractivity contribution in [1.82, 2.24) is 4.98 Å². The summed E-state index contributed by atoms with van der Waals surface area (Å²) in [7, 11) is 1.38. The van der Waals surface area contributed by atoms with Gasteiger partial charge in [-0.25, -0.2) is 4.79 Å². The maximum Gasteiger partial charge on any atom is 0.343 e. The van der Waals surface area contributed by atoms with Crippen LogP contribution in [0.3, 0.4) is 0 Å². The highest BCUT2D eigenvalue weighted by Crippen LogP contribution is 2.36. The number of carbonyl (C=O) groups is 1. The zero-order valence-corrected chi connectivity index (χ0v) is 16.1. The molecule has 148 valence electrons. The maximum absolute atomic E-state index is 12.5. The number of nitrogens with two attached hydrogens (primary N) is 1. The van der Waals surface area contributed by atoms with E-state index in [1.165, 1.54) is 25.3 Å². The number of nitriles is 2. The molecule has 0 aliphatic carbocycles. The molecule has 0 spiro atoms. The molecule has 0 fully saturated rings. The lowest BCUT2D eigenvalue weighted by Crippen LogP contribution is -2.16. The van der Waals surface area contributed by atoms with Crippen LogP contribution in [-0.2, 0) is 0 Å². The molecule has 2 aromatic carbocycles. The molecular formula is C22H16N4O4. The van der Waals surface area contributed by atoms with Gasteiger partial charge in [-0.2, -0.15) is 10.5 Å². The summed E-state index contributed by atoms with van der Waals surface area (Å²) in [6, 6.07) is 15.1. The van der Waals surface area contributed by atoms with Crippen LogP contribution in [0.1, 0.15) is 27.0 Å². The average Bonchev–Trinajstić information content (AvgIpc) is 2.73. The third-order valence-corrected chi connectivity index (χ3v) is 4.38. The Kier molecular flexibility index (Phi) is 5.52. The molecule has 0 amide bonds. The summed E-state index contributed by atoms with van der Waals surface area (Å²) in [6.45, 7) is 1.86. The second kappa shape index (κ2) is 8.21. The van der Waals surface area contributed by atoms with Crippen molar-refractivity contribution in [2.75, 3.05) is 12.8 Å². The molecule has 0 aliphatic heterocycles. The quantitative estimate of drug-likeness (QED) is 0.506. The highest BCUT2D eigenvalue weighted by Gasteiger charge is 2.20. The van der Waals surface area contributed by atoms with Crippen LogP contribution >= 0.6 is 0 Å². The summed E-state index contributed by atoms with van der Waals surface area (Å²) in [5, 5.41) is 18.9. The third kappa shape index (κ3) is 3.71. The zero-order valence-electron chi connectivity index (χ0n) is 16.1. The van der Waals surface area contributed by atoms with E-state index >= 15 is 0 Å². The van der Waals surface area contributed by atoms with E-state index in [0.29, 0.717) is 11.1 Å². The second-order valence-corrected chi connectivity index (χ2v) is 6.34. The van der Waals surface area contributed by atoms with Gasteiger partial charge in [-0.3, -0.25) is 4.79 Å². The second-order valence-electron chi connectivity index (χ2n) is 6.34. The normalized spacial score (nSPS) is 10.0. The summed E-state index contributed by atoms with van der Waals surface area (Å²) >= 11 is 0. The number of pyridine rings is 1. The first-order valence-corrected chi connectivity index (χ1v) is 8.72. The van der Waals surface area contributed by atoms with Gasteiger partial charge in [0.05, 0.1) is 12.7 Å². The molecule has 30 heavy (non-hydrogen) atoms. The van der Waals surface area contributed by atoms with Crippen molar-refractivity contribution in [2.24, 2.45) is 0 Å². The largest absolute Gasteiger partial charge is 0.493 e. The number of nitrogens with one attached hydrogen (secondary N) is 1. The first kappa shape index (κ1) is 20.2. The molecule has 3 rings (SSSR count). The number of H-pyrrole nitrogens is 1. The zero-order chi connectivity index (χ0) is 21.8. The molecule has 0 radical (unpaired) electrons. The number of benzene rings is 2. The number of esters is 1. The minimum atomic E-state index is -0.710. The van der Waals surface area contributed by atoms with Crippen molar-refractivity contribution in [3.63, 3.8) is 0 Å². The van der Waals surface area contributed by atoms with Crippen LogP contribution in [0, 0.1) is 29.6 Å². The third-order valence-electron chi connectivity index (χ3n) is 4.38. The molecule has 0 bridgehead atoms. The standard InChI is InChI=1S/C22H16N4O4/c1-12-4-3-5-14(8-12)22(28)30-17-7-6-13(9-18(17)29-2)19-15(10-23)20(25)26-21(27)16(19)11-24/h3-9H,1-2H3,(H3,25,26,27). The highest BCUT2D eigenvalue weighted by molar-refractivity contribution is 5.92. The van der Waals surface area contributed by atoms with Gasteiger partial charge in [-0.15, -0.1) is 0 Å². The monoisotopic (exact) mass is 400 g/mol. The number of aromatic amines is 1. The Bertz CT molecular complexity index is 1300. The van der Waals surface area contributed by atoms with Crippen molar-refractivity contribution in [1.29, 1.82) is 10.5 Å². The van der Waals surface area contributed by atoms with Crippen LogP contribution in [0.2, 0.25) is 0 Å². The van der Waals surface area contributed by atoms with Crippen LogP contribution in [0.4, 0.5) is 5.82 Å². The van der Waals surface area contributed by atoms with Crippen LogP contribution in [0.15, 0.2) is 47.3 Å². The molecule has 1 aromatic heterocycles. The van der Waals surface area contributed by atoms with Gasteiger partial charge < -0.3 is 20.2 Å². The number of aryl methyl sites for hydroxylation is 1. The highest BCUT2D eigenvalue weighted by atomic mass is 16.6. The van der Waals surface area contributed by atoms with Gasteiger partial charge in [0, 0.05) is 5.56 Å². The lowest BCUT2D eigenvalue weighted by atomic mass is 9.96. The minimum Gasteiger partial charge on any atom is -0.493 e. The first-order chi connectivity index (χ1) is 14.4. The van der Waals surface area contributed by atoms with Gasteiger partial charge in [-0.1, -0.05) is 23.8 Å². The molecular weight excluding hydrogens is 384 g/mol. The lowest BCUT2D eigenvalue weighted by Gasteiger charge is -2.13. The molecule has 0 aliphatic rings. The van der Waals surface area contributed by atoms with E-state index < -0.39 is 11.5 Å². The summed E-state index contributed by atoms with van der Waals surface area (Å²) in [6.07, 6.45) is 0. The Morgan fingerprint density at radius 3 is 2.43 bits per heavy atom. The van der Waals surface area contributed by atoms with Gasteiger partial charge in [0.1, 0.15) is 29.1 Å². The van der Waals surface area contributed by atoms with Crippen molar-refractivity contribution in [2.45, 2.75) is 6.92 Å². The lowest BCUT2D eigenvalue weighted by molar-refractivity contribution is 0.0729. The van der Waals surface area contributed by atoms with E-state index in [0.717, 1.165) is 5.56 Å². The van der Waals surface area contributed by atoms with Gasteiger partial charge >= 0.3 is 5.97 Å². The molecule has 1 heterocycles. The van der Waals surface area contributed by atoms with E-state index in [-0.39, 0.29) is 34.0 Å². The van der Waals surface area contributed by atoms with E-state index in [1.54, 1.807) is 24.3 Å². The van der Waals surface area contributed by atoms with E-state index in [1.807, 2.05) is 19.1 Å². The number of hydrogen-bond acceptors (Lipinski definition) is 7. The first-order valence-electron chi connectivity index (χ1n) is 8.72. The topological polar surface area (TPSA) is 142 Å². The van der Waals surface area contributed by atoms with Crippen molar-refractivity contribution < 1.29 is 14.3 Å². The number of methoxy groups -OCH3 is 1. The van der Waals surface area contributed by atoms with Crippen LogP contribution in [-0.4, -0.2) is 18.1 Å². The number of anilines is 1. The SMILES string of the molecule is COc1cc(-c2c(C#N)c(N)[nH]c(=O)c2C#N)ccc1OC(=O)c1cccc(C)c1. The predicted octanol–water partition coefficient (Wildman–Crippen LogP) is 2.90. The molecule has 8 nitrogen and oxygen atoms in total. The summed E-state index contributed by atoms with van der Waals surface area (Å²) < 4.78 is 10.8. The van der Waals surface area contributed by atoms with Crippen molar-refractivity contribution in [3.05, 3.63) is 75.1 Å². The summed E-state index contributed by atoms with van der Waals surface area (Å²) in [5.41, 5.74) is 6.44. The molecule has 0 atom stereocenters. The smallest absolute Gasteiger partial charge is 0.343 e. The average molecular weight is 400 g/mol.